The molecule has 3 aromatic rings. The van der Waals surface area contributed by atoms with Gasteiger partial charge in [-0.1, -0.05) is 30.3 Å². The molecule has 5 rings (SSSR count). The molecule has 2 heterocycles. The fourth-order valence-corrected chi connectivity index (χ4v) is 5.25. The third kappa shape index (κ3) is 4.71. The maximum Gasteiger partial charge on any atom is 0.314 e. The van der Waals surface area contributed by atoms with Gasteiger partial charge in [-0.25, -0.2) is 4.79 Å². The van der Waals surface area contributed by atoms with Crippen LogP contribution in [-0.2, 0) is 0 Å². The van der Waals surface area contributed by atoms with Crippen LogP contribution in [0.15, 0.2) is 48.7 Å². The molecule has 2 amide bonds. The van der Waals surface area contributed by atoms with Crippen LogP contribution >= 0.6 is 0 Å². The van der Waals surface area contributed by atoms with Gasteiger partial charge < -0.3 is 30.0 Å². The van der Waals surface area contributed by atoms with Crippen molar-refractivity contribution in [1.82, 2.24) is 20.5 Å². The van der Waals surface area contributed by atoms with E-state index in [0.717, 1.165) is 54.1 Å². The SMILES string of the molecule is COc1cccc(C(CNC(=O)NCC2CCN(C3CC3)C2)c2c[nH]c3ccccc23)c1OC. The molecule has 3 N–H and O–H groups in total. The zero-order valence-electron chi connectivity index (χ0n) is 20.0. The summed E-state index contributed by atoms with van der Waals surface area (Å²) in [6, 6.07) is 14.8. The first-order chi connectivity index (χ1) is 16.7. The van der Waals surface area contributed by atoms with E-state index >= 15 is 0 Å². The molecule has 0 radical (unpaired) electrons. The van der Waals surface area contributed by atoms with Gasteiger partial charge in [-0.2, -0.15) is 0 Å². The van der Waals surface area contributed by atoms with Crippen molar-refractivity contribution in [2.45, 2.75) is 31.2 Å². The summed E-state index contributed by atoms with van der Waals surface area (Å²) in [7, 11) is 3.29. The smallest absolute Gasteiger partial charge is 0.314 e. The van der Waals surface area contributed by atoms with Gasteiger partial charge in [0.25, 0.3) is 0 Å². The number of benzene rings is 2. The van der Waals surface area contributed by atoms with E-state index in [9.17, 15) is 4.79 Å². The Morgan fingerprint density at radius 2 is 1.91 bits per heavy atom. The fourth-order valence-electron chi connectivity index (χ4n) is 5.25. The Bertz CT molecular complexity index is 1140. The summed E-state index contributed by atoms with van der Waals surface area (Å²) in [5.74, 6) is 1.79. The van der Waals surface area contributed by atoms with Crippen molar-refractivity contribution < 1.29 is 14.3 Å². The van der Waals surface area contributed by atoms with Gasteiger partial charge >= 0.3 is 6.03 Å². The van der Waals surface area contributed by atoms with Crippen molar-refractivity contribution in [2.24, 2.45) is 5.92 Å². The molecule has 34 heavy (non-hydrogen) atoms. The summed E-state index contributed by atoms with van der Waals surface area (Å²) in [6.07, 6.45) is 5.86. The highest BCUT2D eigenvalue weighted by atomic mass is 16.5. The van der Waals surface area contributed by atoms with Crippen molar-refractivity contribution >= 4 is 16.9 Å². The molecule has 7 nitrogen and oxygen atoms in total. The molecule has 7 heteroatoms. The Morgan fingerprint density at radius 3 is 2.71 bits per heavy atom. The molecule has 2 aliphatic rings. The van der Waals surface area contributed by atoms with Gasteiger partial charge in [0, 0.05) is 54.3 Å². The van der Waals surface area contributed by atoms with Gasteiger partial charge in [-0.05, 0) is 49.4 Å². The van der Waals surface area contributed by atoms with Crippen molar-refractivity contribution in [3.8, 4) is 11.5 Å². The van der Waals surface area contributed by atoms with E-state index in [0.29, 0.717) is 24.0 Å². The van der Waals surface area contributed by atoms with Crippen LogP contribution in [0.25, 0.3) is 10.9 Å². The molecule has 1 aliphatic heterocycles. The average molecular weight is 463 g/mol. The van der Waals surface area contributed by atoms with Crippen LogP contribution in [0.3, 0.4) is 0 Å². The van der Waals surface area contributed by atoms with Crippen molar-refractivity contribution in [3.05, 3.63) is 59.8 Å². The van der Waals surface area contributed by atoms with Crippen LogP contribution in [0, 0.1) is 5.92 Å². The monoisotopic (exact) mass is 462 g/mol. The molecule has 0 spiro atoms. The Labute approximate surface area is 200 Å². The van der Waals surface area contributed by atoms with Crippen molar-refractivity contribution in [1.29, 1.82) is 0 Å². The first-order valence-electron chi connectivity index (χ1n) is 12.2. The quantitative estimate of drug-likeness (QED) is 0.447. The van der Waals surface area contributed by atoms with E-state index in [2.05, 4.69) is 32.7 Å². The normalized spacial score (nSPS) is 19.2. The predicted molar refractivity (Wildman–Crippen MR) is 134 cm³/mol. The number of amides is 2. The van der Waals surface area contributed by atoms with Gasteiger partial charge in [0.15, 0.2) is 11.5 Å². The number of urea groups is 1. The lowest BCUT2D eigenvalue weighted by Gasteiger charge is -2.22. The molecule has 1 saturated heterocycles. The van der Waals surface area contributed by atoms with Gasteiger partial charge in [0.1, 0.15) is 0 Å². The summed E-state index contributed by atoms with van der Waals surface area (Å²) in [6.45, 7) is 3.42. The lowest BCUT2D eigenvalue weighted by atomic mass is 9.90. The lowest BCUT2D eigenvalue weighted by molar-refractivity contribution is 0.238. The highest BCUT2D eigenvalue weighted by Gasteiger charge is 2.34. The highest BCUT2D eigenvalue weighted by molar-refractivity contribution is 5.84. The number of para-hydroxylation sites is 2. The van der Waals surface area contributed by atoms with E-state index in [1.54, 1.807) is 14.2 Å². The zero-order valence-corrected chi connectivity index (χ0v) is 20.0. The average Bonchev–Trinajstić information content (AvgIpc) is 3.46. The number of nitrogens with zero attached hydrogens (tertiary/aromatic N) is 1. The van der Waals surface area contributed by atoms with Crippen LogP contribution in [0.4, 0.5) is 4.79 Å². The minimum Gasteiger partial charge on any atom is -0.493 e. The van der Waals surface area contributed by atoms with Crippen molar-refractivity contribution in [3.63, 3.8) is 0 Å². The van der Waals surface area contributed by atoms with Gasteiger partial charge in [0.05, 0.1) is 14.2 Å². The molecule has 1 aliphatic carbocycles. The lowest BCUT2D eigenvalue weighted by Crippen LogP contribution is -2.40. The zero-order chi connectivity index (χ0) is 23.5. The largest absolute Gasteiger partial charge is 0.493 e. The van der Waals surface area contributed by atoms with Crippen LogP contribution in [-0.4, -0.2) is 62.4 Å². The molecule has 0 bridgehead atoms. The Kier molecular flexibility index (Phi) is 6.63. The van der Waals surface area contributed by atoms with E-state index in [1.165, 1.54) is 12.8 Å². The van der Waals surface area contributed by atoms with Gasteiger partial charge in [0.2, 0.25) is 0 Å². The number of likely N-dealkylation sites (tertiary alicyclic amines) is 1. The summed E-state index contributed by atoms with van der Waals surface area (Å²) < 4.78 is 11.3. The van der Waals surface area contributed by atoms with E-state index in [-0.39, 0.29) is 11.9 Å². The first-order valence-corrected chi connectivity index (χ1v) is 12.2. The predicted octanol–water partition coefficient (Wildman–Crippen LogP) is 4.10. The second kappa shape index (κ2) is 9.97. The second-order valence-corrected chi connectivity index (χ2v) is 9.40. The summed E-state index contributed by atoms with van der Waals surface area (Å²) in [4.78, 5) is 18.7. The second-order valence-electron chi connectivity index (χ2n) is 9.40. The molecular formula is C27H34N4O3. The number of H-pyrrole nitrogens is 1. The van der Waals surface area contributed by atoms with Gasteiger partial charge in [-0.15, -0.1) is 0 Å². The standard InChI is InChI=1S/C27H34N4O3/c1-33-25-9-5-7-21(26(25)34-2)23(22-15-28-24-8-4-3-6-20(22)24)16-30-27(32)29-14-18-12-13-31(17-18)19-10-11-19/h3-9,15,18-19,23,28H,10-14,16-17H2,1-2H3,(H2,29,30,32). The molecule has 2 fully saturated rings. The minimum atomic E-state index is -0.128. The number of aromatic amines is 1. The topological polar surface area (TPSA) is 78.6 Å². The van der Waals surface area contributed by atoms with E-state index in [1.807, 2.05) is 36.5 Å². The van der Waals surface area contributed by atoms with Crippen LogP contribution in [0.1, 0.15) is 36.3 Å². The number of nitrogens with one attached hydrogen (secondary N) is 3. The van der Waals surface area contributed by atoms with Crippen LogP contribution < -0.4 is 20.1 Å². The minimum absolute atomic E-state index is 0.108. The number of carbonyl (C=O) groups excluding carboxylic acids is 1. The molecular weight excluding hydrogens is 428 g/mol. The fraction of sp³-hybridized carbons (Fsp3) is 0.444. The molecule has 180 valence electrons. The Morgan fingerprint density at radius 1 is 1.06 bits per heavy atom. The maximum atomic E-state index is 12.8. The number of ether oxygens (including phenoxy) is 2. The molecule has 2 atom stereocenters. The Hall–Kier alpha value is -3.19. The highest BCUT2D eigenvalue weighted by Crippen LogP contribution is 2.40. The molecule has 1 aromatic heterocycles. The number of hydrogen-bond acceptors (Lipinski definition) is 4. The summed E-state index contributed by atoms with van der Waals surface area (Å²) in [5.41, 5.74) is 3.15. The third-order valence-electron chi connectivity index (χ3n) is 7.20. The van der Waals surface area contributed by atoms with E-state index < -0.39 is 0 Å². The van der Waals surface area contributed by atoms with Crippen molar-refractivity contribution in [2.75, 3.05) is 40.4 Å². The summed E-state index contributed by atoms with van der Waals surface area (Å²) >= 11 is 0. The number of hydrogen-bond donors (Lipinski definition) is 3. The Balaban J connectivity index is 1.32. The third-order valence-corrected chi connectivity index (χ3v) is 7.20. The van der Waals surface area contributed by atoms with Gasteiger partial charge in [-0.3, -0.25) is 0 Å². The number of fused-ring (bicyclic) bond motifs is 1. The number of rotatable bonds is 9. The van der Waals surface area contributed by atoms with Crippen LogP contribution in [0.2, 0.25) is 0 Å². The molecule has 1 saturated carbocycles. The van der Waals surface area contributed by atoms with Crippen LogP contribution in [0.5, 0.6) is 11.5 Å². The van der Waals surface area contributed by atoms with E-state index in [4.69, 9.17) is 9.47 Å². The number of aromatic nitrogens is 1. The summed E-state index contributed by atoms with van der Waals surface area (Å²) in [5, 5.41) is 7.35. The number of methoxy groups -OCH3 is 2. The first kappa shape index (κ1) is 22.6. The number of carbonyl (C=O) groups is 1. The maximum absolute atomic E-state index is 12.8. The molecule has 2 aromatic carbocycles. The molecule has 2 unspecified atom stereocenters.